The van der Waals surface area contributed by atoms with Crippen LogP contribution < -0.4 is 5.11 Å². The predicted molar refractivity (Wildman–Crippen MR) is 59.4 cm³/mol. The molecule has 0 aliphatic rings. The molecule has 0 heterocycles. The normalized spacial score (nSPS) is 10.3. The van der Waals surface area contributed by atoms with E-state index in [2.05, 4.69) is 0 Å². The number of carbonyl (C=O) groups is 1. The Balaban J connectivity index is 3.51. The number of carboxylic acid groups (broad SMARTS) is 1. The van der Waals surface area contributed by atoms with E-state index in [1.165, 1.54) is 6.07 Å². The van der Waals surface area contributed by atoms with Gasteiger partial charge in [-0.2, -0.15) is 0 Å². The first-order chi connectivity index (χ1) is 6.49. The topological polar surface area (TPSA) is 60.4 Å². The van der Waals surface area contributed by atoms with Crippen LogP contribution in [0.25, 0.3) is 0 Å². The molecule has 0 amide bonds. The van der Waals surface area contributed by atoms with Crippen molar-refractivity contribution in [2.24, 2.45) is 0 Å². The molecule has 0 atom stereocenters. The minimum atomic E-state index is -1.41. The molecule has 1 rings (SSSR count). The summed E-state index contributed by atoms with van der Waals surface area (Å²) in [6.45, 7) is -0.463. The predicted octanol–water partition coefficient (Wildman–Crippen LogP) is 1.45. The molecule has 0 aliphatic carbocycles. The molecule has 6 heteroatoms. The third-order valence-electron chi connectivity index (χ3n) is 1.64. The molecule has 0 bridgehead atoms. The molecule has 0 saturated carbocycles. The number of aromatic carboxylic acids is 1. The van der Waals surface area contributed by atoms with Crippen molar-refractivity contribution < 1.29 is 15.0 Å². The van der Waals surface area contributed by atoms with Crippen molar-refractivity contribution in [1.82, 2.24) is 0 Å². The molecule has 1 aromatic rings. The molecule has 0 aromatic heterocycles. The second kappa shape index (κ2) is 4.65. The SMILES string of the molecule is O=C([O-])c1cc(Cl)c(I)c(Cl)c1CO. The lowest BCUT2D eigenvalue weighted by Gasteiger charge is -2.12. The molecule has 14 heavy (non-hydrogen) atoms. The first-order valence-electron chi connectivity index (χ1n) is 3.47. The van der Waals surface area contributed by atoms with E-state index in [4.69, 9.17) is 28.3 Å². The summed E-state index contributed by atoms with van der Waals surface area (Å²) in [5.74, 6) is -1.41. The van der Waals surface area contributed by atoms with Crippen LogP contribution in [-0.4, -0.2) is 11.1 Å². The Morgan fingerprint density at radius 2 is 2.14 bits per heavy atom. The molecule has 3 nitrogen and oxygen atoms in total. The number of carboxylic acids is 1. The van der Waals surface area contributed by atoms with Gasteiger partial charge in [-0.1, -0.05) is 23.2 Å². The van der Waals surface area contributed by atoms with Crippen LogP contribution in [0.5, 0.6) is 0 Å². The molecule has 1 N–H and O–H groups in total. The highest BCUT2D eigenvalue weighted by molar-refractivity contribution is 14.1. The number of halogens is 3. The van der Waals surface area contributed by atoms with E-state index >= 15 is 0 Å². The van der Waals surface area contributed by atoms with Crippen LogP contribution >= 0.6 is 45.8 Å². The zero-order valence-electron chi connectivity index (χ0n) is 6.68. The fraction of sp³-hybridized carbons (Fsp3) is 0.125. The number of hydrogen-bond acceptors (Lipinski definition) is 3. The van der Waals surface area contributed by atoms with Gasteiger partial charge in [-0.05, 0) is 28.7 Å². The number of aliphatic hydroxyl groups is 1. The van der Waals surface area contributed by atoms with Crippen molar-refractivity contribution in [1.29, 1.82) is 0 Å². The van der Waals surface area contributed by atoms with E-state index in [1.807, 2.05) is 22.6 Å². The Hall–Kier alpha value is -0.0400. The Kier molecular flexibility index (Phi) is 4.00. The molecule has 76 valence electrons. The number of carbonyl (C=O) groups excluding carboxylic acids is 1. The Bertz CT molecular complexity index is 393. The smallest absolute Gasteiger partial charge is 0.0720 e. The van der Waals surface area contributed by atoms with Gasteiger partial charge in [0, 0.05) is 11.1 Å². The first kappa shape index (κ1) is 12.0. The third kappa shape index (κ3) is 2.13. The lowest BCUT2D eigenvalue weighted by molar-refractivity contribution is -0.255. The van der Waals surface area contributed by atoms with Crippen LogP contribution in [-0.2, 0) is 6.61 Å². The zero-order valence-corrected chi connectivity index (χ0v) is 10.4. The molecule has 1 aromatic carbocycles. The fourth-order valence-corrected chi connectivity index (χ4v) is 1.97. The highest BCUT2D eigenvalue weighted by Crippen LogP contribution is 2.32. The van der Waals surface area contributed by atoms with Gasteiger partial charge in [-0.25, -0.2) is 0 Å². The first-order valence-corrected chi connectivity index (χ1v) is 5.31. The molecular weight excluding hydrogens is 342 g/mol. The Labute approximate surface area is 104 Å². The van der Waals surface area contributed by atoms with Crippen molar-refractivity contribution in [2.75, 3.05) is 0 Å². The standard InChI is InChI=1S/C8H5Cl2IO3/c9-5-1-3(8(13)14)4(2-12)6(10)7(5)11/h1,12H,2H2,(H,13,14)/p-1. The van der Waals surface area contributed by atoms with Gasteiger partial charge < -0.3 is 15.0 Å². The summed E-state index contributed by atoms with van der Waals surface area (Å²) in [7, 11) is 0. The quantitative estimate of drug-likeness (QED) is 0.652. The summed E-state index contributed by atoms with van der Waals surface area (Å²) in [6.07, 6.45) is 0. The second-order valence-electron chi connectivity index (χ2n) is 2.46. The maximum Gasteiger partial charge on any atom is 0.0720 e. The minimum Gasteiger partial charge on any atom is -0.545 e. The Morgan fingerprint density at radius 1 is 1.57 bits per heavy atom. The van der Waals surface area contributed by atoms with Crippen LogP contribution in [0.2, 0.25) is 10.0 Å². The van der Waals surface area contributed by atoms with E-state index < -0.39 is 12.6 Å². The zero-order chi connectivity index (χ0) is 10.9. The summed E-state index contributed by atoms with van der Waals surface area (Å²) >= 11 is 13.4. The van der Waals surface area contributed by atoms with E-state index in [9.17, 15) is 9.90 Å². The van der Waals surface area contributed by atoms with E-state index in [-0.39, 0.29) is 21.2 Å². The van der Waals surface area contributed by atoms with Crippen LogP contribution in [0.15, 0.2) is 6.07 Å². The van der Waals surface area contributed by atoms with E-state index in [1.54, 1.807) is 0 Å². The van der Waals surface area contributed by atoms with Crippen LogP contribution in [0, 0.1) is 3.57 Å². The van der Waals surface area contributed by atoms with Crippen molar-refractivity contribution >= 4 is 51.8 Å². The van der Waals surface area contributed by atoms with Gasteiger partial charge in [0.2, 0.25) is 0 Å². The molecule has 0 unspecified atom stereocenters. The Morgan fingerprint density at radius 3 is 2.57 bits per heavy atom. The number of rotatable bonds is 2. The highest BCUT2D eigenvalue weighted by Gasteiger charge is 2.13. The van der Waals surface area contributed by atoms with Gasteiger partial charge in [0.1, 0.15) is 0 Å². The van der Waals surface area contributed by atoms with Crippen molar-refractivity contribution in [3.63, 3.8) is 0 Å². The molecule has 0 aliphatic heterocycles. The average molecular weight is 346 g/mol. The van der Waals surface area contributed by atoms with Crippen LogP contribution in [0.4, 0.5) is 0 Å². The van der Waals surface area contributed by atoms with Gasteiger partial charge in [0.15, 0.2) is 0 Å². The van der Waals surface area contributed by atoms with E-state index in [0.29, 0.717) is 3.57 Å². The summed E-state index contributed by atoms with van der Waals surface area (Å²) < 4.78 is 0.514. The highest BCUT2D eigenvalue weighted by atomic mass is 127. The summed E-state index contributed by atoms with van der Waals surface area (Å²) in [5, 5.41) is 20.0. The van der Waals surface area contributed by atoms with Crippen molar-refractivity contribution in [3.05, 3.63) is 30.8 Å². The summed E-state index contributed by atoms with van der Waals surface area (Å²) in [4.78, 5) is 10.7. The molecule has 0 spiro atoms. The van der Waals surface area contributed by atoms with Crippen LogP contribution in [0.1, 0.15) is 15.9 Å². The van der Waals surface area contributed by atoms with Gasteiger partial charge in [0.05, 0.1) is 26.2 Å². The summed E-state index contributed by atoms with van der Waals surface area (Å²) in [5.41, 5.74) is -0.0524. The van der Waals surface area contributed by atoms with Gasteiger partial charge in [-0.15, -0.1) is 0 Å². The second-order valence-corrected chi connectivity index (χ2v) is 4.32. The lowest BCUT2D eigenvalue weighted by atomic mass is 10.1. The number of benzene rings is 1. The third-order valence-corrected chi connectivity index (χ3v) is 4.11. The van der Waals surface area contributed by atoms with Crippen molar-refractivity contribution in [3.8, 4) is 0 Å². The summed E-state index contributed by atoms with van der Waals surface area (Å²) in [6, 6.07) is 1.22. The van der Waals surface area contributed by atoms with Crippen LogP contribution in [0.3, 0.4) is 0 Å². The van der Waals surface area contributed by atoms with Crippen molar-refractivity contribution in [2.45, 2.75) is 6.61 Å². The molecule has 0 fully saturated rings. The minimum absolute atomic E-state index is 0.125. The maximum absolute atomic E-state index is 10.7. The number of aliphatic hydroxyl groups excluding tert-OH is 1. The fourth-order valence-electron chi connectivity index (χ4n) is 0.969. The molecular formula is C8H4Cl2IO3-. The van der Waals surface area contributed by atoms with Gasteiger partial charge >= 0.3 is 0 Å². The monoisotopic (exact) mass is 345 g/mol. The lowest BCUT2D eigenvalue weighted by Crippen LogP contribution is -2.24. The molecule has 0 radical (unpaired) electrons. The average Bonchev–Trinajstić information content (AvgIpc) is 2.13. The number of hydrogen-bond donors (Lipinski definition) is 1. The van der Waals surface area contributed by atoms with E-state index in [0.717, 1.165) is 0 Å². The molecule has 0 saturated heterocycles. The largest absolute Gasteiger partial charge is 0.545 e. The van der Waals surface area contributed by atoms with Gasteiger partial charge in [-0.3, -0.25) is 0 Å². The maximum atomic E-state index is 10.7. The van der Waals surface area contributed by atoms with Gasteiger partial charge in [0.25, 0.3) is 0 Å².